The van der Waals surface area contributed by atoms with Crippen LogP contribution in [0.25, 0.3) is 0 Å². The average molecular weight is 145 g/mol. The van der Waals surface area contributed by atoms with Crippen molar-refractivity contribution >= 4 is 5.78 Å². The first-order valence-corrected chi connectivity index (χ1v) is 3.41. The molecule has 0 aromatic carbocycles. The van der Waals surface area contributed by atoms with Gasteiger partial charge in [0, 0.05) is 13.5 Å². The molecule has 0 spiro atoms. The lowest BCUT2D eigenvalue weighted by Crippen LogP contribution is -2.17. The second-order valence-corrected chi connectivity index (χ2v) is 2.52. The van der Waals surface area contributed by atoms with E-state index in [9.17, 15) is 4.79 Å². The molecule has 0 amide bonds. The fraction of sp³-hybridized carbons (Fsp3) is 0.857. The summed E-state index contributed by atoms with van der Waals surface area (Å²) in [7, 11) is 1.52. The first-order chi connectivity index (χ1) is 4.70. The standard InChI is InChI=1S/C7H15NO2/c1-6(4-8)3-7(9)5-10-2/h6H,3-5,8H2,1-2H3. The molecule has 0 saturated carbocycles. The van der Waals surface area contributed by atoms with Crippen molar-refractivity contribution in [3.05, 3.63) is 0 Å². The molecule has 0 aromatic rings. The average Bonchev–Trinajstić information content (AvgIpc) is 1.88. The third-order valence-corrected chi connectivity index (χ3v) is 1.28. The van der Waals surface area contributed by atoms with Crippen LogP contribution in [0.2, 0.25) is 0 Å². The zero-order valence-electron chi connectivity index (χ0n) is 6.59. The summed E-state index contributed by atoms with van der Waals surface area (Å²) in [4.78, 5) is 10.8. The Bertz CT molecular complexity index is 104. The fourth-order valence-corrected chi connectivity index (χ4v) is 0.692. The summed E-state index contributed by atoms with van der Waals surface area (Å²) in [5, 5.41) is 0. The van der Waals surface area contributed by atoms with E-state index in [4.69, 9.17) is 5.73 Å². The summed E-state index contributed by atoms with van der Waals surface area (Å²) < 4.78 is 4.66. The highest BCUT2D eigenvalue weighted by molar-refractivity contribution is 5.79. The second-order valence-electron chi connectivity index (χ2n) is 2.52. The van der Waals surface area contributed by atoms with Gasteiger partial charge in [-0.25, -0.2) is 0 Å². The van der Waals surface area contributed by atoms with Crippen molar-refractivity contribution in [2.24, 2.45) is 11.7 Å². The molecular formula is C7H15NO2. The van der Waals surface area contributed by atoms with E-state index >= 15 is 0 Å². The highest BCUT2D eigenvalue weighted by Crippen LogP contribution is 1.99. The predicted octanol–water partition coefficient (Wildman–Crippen LogP) is 0.187. The van der Waals surface area contributed by atoms with Gasteiger partial charge in [-0.2, -0.15) is 0 Å². The zero-order chi connectivity index (χ0) is 7.98. The lowest BCUT2D eigenvalue weighted by atomic mass is 10.1. The van der Waals surface area contributed by atoms with Gasteiger partial charge in [-0.3, -0.25) is 4.79 Å². The Morgan fingerprint density at radius 3 is 2.70 bits per heavy atom. The highest BCUT2D eigenvalue weighted by atomic mass is 16.5. The van der Waals surface area contributed by atoms with Crippen molar-refractivity contribution in [3.63, 3.8) is 0 Å². The predicted molar refractivity (Wildman–Crippen MR) is 39.7 cm³/mol. The molecule has 0 bridgehead atoms. The molecule has 1 unspecified atom stereocenters. The number of nitrogens with two attached hydrogens (primary N) is 1. The third kappa shape index (κ3) is 4.47. The maximum Gasteiger partial charge on any atom is 0.158 e. The van der Waals surface area contributed by atoms with Crippen molar-refractivity contribution in [1.29, 1.82) is 0 Å². The molecule has 0 fully saturated rings. The van der Waals surface area contributed by atoms with Gasteiger partial charge in [-0.1, -0.05) is 6.92 Å². The number of hydrogen-bond acceptors (Lipinski definition) is 3. The first kappa shape index (κ1) is 9.59. The number of rotatable bonds is 5. The maximum atomic E-state index is 10.8. The molecule has 0 radical (unpaired) electrons. The van der Waals surface area contributed by atoms with Crippen molar-refractivity contribution < 1.29 is 9.53 Å². The number of Topliss-reactive ketones (excluding diaryl/α,β-unsaturated/α-hetero) is 1. The van der Waals surface area contributed by atoms with Crippen LogP contribution in [0.3, 0.4) is 0 Å². The van der Waals surface area contributed by atoms with Crippen LogP contribution in [-0.2, 0) is 9.53 Å². The highest BCUT2D eigenvalue weighted by Gasteiger charge is 2.05. The van der Waals surface area contributed by atoms with Gasteiger partial charge in [0.2, 0.25) is 0 Å². The molecule has 0 rings (SSSR count). The van der Waals surface area contributed by atoms with E-state index in [1.165, 1.54) is 7.11 Å². The lowest BCUT2D eigenvalue weighted by molar-refractivity contribution is -0.123. The smallest absolute Gasteiger partial charge is 0.158 e. The van der Waals surface area contributed by atoms with E-state index in [1.807, 2.05) is 6.92 Å². The van der Waals surface area contributed by atoms with E-state index < -0.39 is 0 Å². The van der Waals surface area contributed by atoms with E-state index in [1.54, 1.807) is 0 Å². The summed E-state index contributed by atoms with van der Waals surface area (Å²) in [6.45, 7) is 2.73. The molecule has 60 valence electrons. The molecular weight excluding hydrogens is 130 g/mol. The molecule has 1 atom stereocenters. The third-order valence-electron chi connectivity index (χ3n) is 1.28. The van der Waals surface area contributed by atoms with Gasteiger partial charge >= 0.3 is 0 Å². The van der Waals surface area contributed by atoms with Gasteiger partial charge in [0.1, 0.15) is 6.61 Å². The number of carbonyl (C=O) groups excluding carboxylic acids is 1. The maximum absolute atomic E-state index is 10.8. The van der Waals surface area contributed by atoms with E-state index in [0.29, 0.717) is 13.0 Å². The molecule has 0 aliphatic heterocycles. The molecule has 0 aromatic heterocycles. The van der Waals surface area contributed by atoms with Gasteiger partial charge in [0.15, 0.2) is 5.78 Å². The largest absolute Gasteiger partial charge is 0.377 e. The summed E-state index contributed by atoms with van der Waals surface area (Å²) in [5.41, 5.74) is 5.32. The van der Waals surface area contributed by atoms with Crippen molar-refractivity contribution in [1.82, 2.24) is 0 Å². The summed E-state index contributed by atoms with van der Waals surface area (Å²) in [6.07, 6.45) is 0.532. The van der Waals surface area contributed by atoms with Crippen LogP contribution in [-0.4, -0.2) is 26.0 Å². The topological polar surface area (TPSA) is 52.3 Å². The molecule has 0 aliphatic carbocycles. The van der Waals surface area contributed by atoms with Crippen molar-refractivity contribution in [2.75, 3.05) is 20.3 Å². The minimum absolute atomic E-state index is 0.125. The molecule has 0 saturated heterocycles. The number of carbonyl (C=O) groups is 1. The number of hydrogen-bond donors (Lipinski definition) is 1. The van der Waals surface area contributed by atoms with Gasteiger partial charge in [0.05, 0.1) is 0 Å². The van der Waals surface area contributed by atoms with Gasteiger partial charge in [0.25, 0.3) is 0 Å². The van der Waals surface area contributed by atoms with Crippen LogP contribution < -0.4 is 5.73 Å². The number of methoxy groups -OCH3 is 1. The Labute approximate surface area is 61.5 Å². The summed E-state index contributed by atoms with van der Waals surface area (Å²) >= 11 is 0. The SMILES string of the molecule is COCC(=O)CC(C)CN. The fourth-order valence-electron chi connectivity index (χ4n) is 0.692. The minimum Gasteiger partial charge on any atom is -0.377 e. The Kier molecular flexibility index (Phi) is 5.16. The van der Waals surface area contributed by atoms with Crippen LogP contribution in [0.5, 0.6) is 0 Å². The summed E-state index contributed by atoms with van der Waals surface area (Å²) in [5.74, 6) is 0.406. The monoisotopic (exact) mass is 145 g/mol. The van der Waals surface area contributed by atoms with Crippen molar-refractivity contribution in [3.8, 4) is 0 Å². The van der Waals surface area contributed by atoms with E-state index in [-0.39, 0.29) is 18.3 Å². The van der Waals surface area contributed by atoms with E-state index in [2.05, 4.69) is 4.74 Å². The summed E-state index contributed by atoms with van der Waals surface area (Å²) in [6, 6.07) is 0. The van der Waals surface area contributed by atoms with Crippen LogP contribution in [0.4, 0.5) is 0 Å². The normalized spacial score (nSPS) is 13.1. The van der Waals surface area contributed by atoms with Crippen LogP contribution in [0.15, 0.2) is 0 Å². The molecule has 3 heteroatoms. The quantitative estimate of drug-likeness (QED) is 0.600. The number of ether oxygens (including phenoxy) is 1. The molecule has 0 aliphatic rings. The Hall–Kier alpha value is -0.410. The molecule has 10 heavy (non-hydrogen) atoms. The Morgan fingerprint density at radius 2 is 2.30 bits per heavy atom. The zero-order valence-corrected chi connectivity index (χ0v) is 6.59. The van der Waals surface area contributed by atoms with Gasteiger partial charge < -0.3 is 10.5 Å². The molecule has 2 N–H and O–H groups in total. The Balaban J connectivity index is 3.37. The van der Waals surface area contributed by atoms with E-state index in [0.717, 1.165) is 0 Å². The molecule has 0 heterocycles. The van der Waals surface area contributed by atoms with Gasteiger partial charge in [-0.05, 0) is 12.5 Å². The first-order valence-electron chi connectivity index (χ1n) is 3.41. The Morgan fingerprint density at radius 1 is 1.70 bits per heavy atom. The van der Waals surface area contributed by atoms with Crippen molar-refractivity contribution in [2.45, 2.75) is 13.3 Å². The van der Waals surface area contributed by atoms with Gasteiger partial charge in [-0.15, -0.1) is 0 Å². The lowest BCUT2D eigenvalue weighted by Gasteiger charge is -2.05. The van der Waals surface area contributed by atoms with Crippen LogP contribution in [0.1, 0.15) is 13.3 Å². The second kappa shape index (κ2) is 5.38. The van der Waals surface area contributed by atoms with Crippen LogP contribution in [0, 0.1) is 5.92 Å². The number of ketones is 1. The molecule has 3 nitrogen and oxygen atoms in total. The minimum atomic E-state index is 0.125. The van der Waals surface area contributed by atoms with Crippen LogP contribution >= 0.6 is 0 Å².